The first-order valence-electron chi connectivity index (χ1n) is 5.81. The molecule has 0 saturated carbocycles. The molecule has 0 aromatic heterocycles. The predicted octanol–water partition coefficient (Wildman–Crippen LogP) is 4.05. The van der Waals surface area contributed by atoms with E-state index in [1.165, 1.54) is 23.5 Å². The van der Waals surface area contributed by atoms with E-state index in [0.717, 1.165) is 11.5 Å². The Hall–Kier alpha value is -0.130. The molecule has 1 aromatic carbocycles. The fourth-order valence-electron chi connectivity index (χ4n) is 1.94. The Kier molecular flexibility index (Phi) is 5.04. The van der Waals surface area contributed by atoms with Crippen molar-refractivity contribution in [3.8, 4) is 11.5 Å². The van der Waals surface area contributed by atoms with Gasteiger partial charge in [-0.05, 0) is 41.9 Å². The lowest BCUT2D eigenvalue weighted by Gasteiger charge is -2.35. The summed E-state index contributed by atoms with van der Waals surface area (Å²) in [4.78, 5) is 0. The second-order valence-corrected chi connectivity index (χ2v) is 8.30. The molecule has 5 heteroatoms. The predicted molar refractivity (Wildman–Crippen MR) is 84.3 cm³/mol. The fourth-order valence-corrected chi connectivity index (χ4v) is 6.47. The van der Waals surface area contributed by atoms with Gasteiger partial charge < -0.3 is 9.47 Å². The average molecular weight is 302 g/mol. The van der Waals surface area contributed by atoms with E-state index in [-0.39, 0.29) is 3.41 Å². The first-order valence-corrected chi connectivity index (χ1v) is 9.01. The van der Waals surface area contributed by atoms with Gasteiger partial charge in [-0.2, -0.15) is 0 Å². The fraction of sp³-hybridized carbons (Fsp3) is 0.538. The van der Waals surface area contributed by atoms with Crippen molar-refractivity contribution < 1.29 is 9.47 Å². The molecule has 0 amide bonds. The Bertz CT molecular complexity index is 403. The smallest absolute Gasteiger partial charge is 0.161 e. The largest absolute Gasteiger partial charge is 0.493 e. The van der Waals surface area contributed by atoms with Crippen molar-refractivity contribution in [2.24, 2.45) is 0 Å². The quantitative estimate of drug-likeness (QED) is 0.833. The Morgan fingerprint density at radius 1 is 1.11 bits per heavy atom. The van der Waals surface area contributed by atoms with Crippen LogP contribution in [0, 0.1) is 0 Å². The molecule has 0 spiro atoms. The molecule has 1 saturated heterocycles. The summed E-state index contributed by atoms with van der Waals surface area (Å²) in [6.07, 6.45) is 3.48. The number of rotatable bonds is 4. The van der Waals surface area contributed by atoms with E-state index in [2.05, 4.69) is 18.4 Å². The van der Waals surface area contributed by atoms with E-state index < -0.39 is 0 Å². The zero-order chi connectivity index (χ0) is 13.0. The molecule has 0 radical (unpaired) electrons. The van der Waals surface area contributed by atoms with Gasteiger partial charge in [-0.15, -0.1) is 35.3 Å². The van der Waals surface area contributed by atoms with Crippen LogP contribution in [-0.2, 0) is 3.41 Å². The average Bonchev–Trinajstić information content (AvgIpc) is 2.47. The maximum atomic E-state index is 5.40. The van der Waals surface area contributed by atoms with E-state index in [9.17, 15) is 0 Å². The number of ether oxygens (including phenoxy) is 2. The Morgan fingerprint density at radius 2 is 1.78 bits per heavy atom. The zero-order valence-electron chi connectivity index (χ0n) is 10.9. The van der Waals surface area contributed by atoms with Crippen LogP contribution in [0.1, 0.15) is 12.0 Å². The monoisotopic (exact) mass is 302 g/mol. The van der Waals surface area contributed by atoms with Crippen molar-refractivity contribution in [2.45, 2.75) is 9.83 Å². The van der Waals surface area contributed by atoms with Gasteiger partial charge in [0, 0.05) is 0 Å². The molecule has 18 heavy (non-hydrogen) atoms. The molecule has 0 bridgehead atoms. The topological polar surface area (TPSA) is 18.5 Å². The second-order valence-electron chi connectivity index (χ2n) is 3.88. The van der Waals surface area contributed by atoms with Crippen LogP contribution < -0.4 is 9.47 Å². The van der Waals surface area contributed by atoms with E-state index in [1.54, 1.807) is 14.2 Å². The van der Waals surface area contributed by atoms with E-state index >= 15 is 0 Å². The highest BCUT2D eigenvalue weighted by Crippen LogP contribution is 2.57. The summed E-state index contributed by atoms with van der Waals surface area (Å²) in [6.45, 7) is 0. The number of hydrogen-bond acceptors (Lipinski definition) is 5. The molecule has 0 N–H and O–H groups in total. The molecule has 0 aliphatic carbocycles. The van der Waals surface area contributed by atoms with Crippen LogP contribution >= 0.6 is 35.3 Å². The van der Waals surface area contributed by atoms with Crippen molar-refractivity contribution in [1.29, 1.82) is 0 Å². The lowest BCUT2D eigenvalue weighted by molar-refractivity contribution is 0.354. The normalized spacial score (nSPS) is 18.4. The van der Waals surface area contributed by atoms with Crippen LogP contribution in [0.25, 0.3) is 0 Å². The van der Waals surface area contributed by atoms with Crippen LogP contribution in [0.3, 0.4) is 0 Å². The summed E-state index contributed by atoms with van der Waals surface area (Å²) in [5.74, 6) is 4.06. The van der Waals surface area contributed by atoms with Gasteiger partial charge in [-0.3, -0.25) is 0 Å². The molecule has 0 atom stereocenters. The third kappa shape index (κ3) is 2.73. The van der Waals surface area contributed by atoms with Gasteiger partial charge in [0.2, 0.25) is 0 Å². The van der Waals surface area contributed by atoms with Gasteiger partial charge in [0.1, 0.15) is 3.41 Å². The lowest BCUT2D eigenvalue weighted by Crippen LogP contribution is -2.18. The van der Waals surface area contributed by atoms with Gasteiger partial charge >= 0.3 is 0 Å². The van der Waals surface area contributed by atoms with Crippen LogP contribution in [-0.4, -0.2) is 32.0 Å². The van der Waals surface area contributed by atoms with Gasteiger partial charge in [0.25, 0.3) is 0 Å². The van der Waals surface area contributed by atoms with Crippen LogP contribution in [0.15, 0.2) is 18.2 Å². The minimum Gasteiger partial charge on any atom is -0.493 e. The van der Waals surface area contributed by atoms with Crippen molar-refractivity contribution in [2.75, 3.05) is 32.0 Å². The number of benzene rings is 1. The van der Waals surface area contributed by atoms with Crippen molar-refractivity contribution >= 4 is 35.3 Å². The summed E-state index contributed by atoms with van der Waals surface area (Å²) >= 11 is 5.96. The minimum atomic E-state index is 0.109. The van der Waals surface area contributed by atoms with Crippen molar-refractivity contribution in [3.63, 3.8) is 0 Å². The molecule has 1 aliphatic heterocycles. The van der Waals surface area contributed by atoms with Gasteiger partial charge in [-0.1, -0.05) is 6.07 Å². The standard InChI is InChI=1S/C13H18O2S3/c1-14-11-6-5-10(9-12(11)15-2)13(16-3)17-7-4-8-18-13/h5-6,9H,4,7-8H2,1-3H3. The summed E-state index contributed by atoms with van der Waals surface area (Å²) in [6, 6.07) is 6.27. The zero-order valence-corrected chi connectivity index (χ0v) is 13.3. The van der Waals surface area contributed by atoms with Crippen LogP contribution in [0.2, 0.25) is 0 Å². The van der Waals surface area contributed by atoms with Gasteiger partial charge in [-0.25, -0.2) is 0 Å². The first kappa shape index (κ1) is 14.3. The molecular weight excluding hydrogens is 284 g/mol. The van der Waals surface area contributed by atoms with Crippen molar-refractivity contribution in [1.82, 2.24) is 0 Å². The highest BCUT2D eigenvalue weighted by Gasteiger charge is 2.35. The molecule has 1 aliphatic rings. The van der Waals surface area contributed by atoms with E-state index in [1.807, 2.05) is 41.4 Å². The number of hydrogen-bond donors (Lipinski definition) is 0. The van der Waals surface area contributed by atoms with E-state index in [4.69, 9.17) is 9.47 Å². The van der Waals surface area contributed by atoms with Gasteiger partial charge in [0.05, 0.1) is 14.2 Å². The third-order valence-corrected chi connectivity index (χ3v) is 8.28. The van der Waals surface area contributed by atoms with Crippen LogP contribution in [0.5, 0.6) is 11.5 Å². The minimum absolute atomic E-state index is 0.109. The number of methoxy groups -OCH3 is 2. The molecular formula is C13H18O2S3. The van der Waals surface area contributed by atoms with Crippen molar-refractivity contribution in [3.05, 3.63) is 23.8 Å². The van der Waals surface area contributed by atoms with E-state index in [0.29, 0.717) is 0 Å². The molecule has 100 valence electrons. The summed E-state index contributed by atoms with van der Waals surface area (Å²) in [7, 11) is 3.36. The Balaban J connectivity index is 2.36. The lowest BCUT2D eigenvalue weighted by atomic mass is 10.2. The molecule has 1 fully saturated rings. The third-order valence-electron chi connectivity index (χ3n) is 2.88. The molecule has 2 rings (SSSR count). The molecule has 1 aromatic rings. The summed E-state index contributed by atoms with van der Waals surface area (Å²) in [5, 5.41) is 0. The first-order chi connectivity index (χ1) is 8.75. The SMILES string of the molecule is COc1ccc(C2(SC)SCCCS2)cc1OC. The second kappa shape index (κ2) is 6.35. The molecule has 0 unspecified atom stereocenters. The summed E-state index contributed by atoms with van der Waals surface area (Å²) < 4.78 is 10.8. The number of thioether (sulfide) groups is 3. The maximum absolute atomic E-state index is 5.40. The van der Waals surface area contributed by atoms with Crippen LogP contribution in [0.4, 0.5) is 0 Å². The Morgan fingerprint density at radius 3 is 2.33 bits per heavy atom. The molecule has 1 heterocycles. The Labute approximate surface area is 122 Å². The highest BCUT2D eigenvalue weighted by molar-refractivity contribution is 8.32. The highest BCUT2D eigenvalue weighted by atomic mass is 32.3. The maximum Gasteiger partial charge on any atom is 0.161 e. The molecule has 2 nitrogen and oxygen atoms in total. The van der Waals surface area contributed by atoms with Gasteiger partial charge in [0.15, 0.2) is 11.5 Å². The summed E-state index contributed by atoms with van der Waals surface area (Å²) in [5.41, 5.74) is 1.31.